The normalized spacial score (nSPS) is 11.7. The van der Waals surface area contributed by atoms with Crippen LogP contribution in [0.15, 0.2) is 42.6 Å². The second kappa shape index (κ2) is 6.69. The first-order chi connectivity index (χ1) is 13.3. The second-order valence-electron chi connectivity index (χ2n) is 5.94. The van der Waals surface area contributed by atoms with Crippen molar-refractivity contribution >= 4 is 45.2 Å². The number of anilines is 2. The maximum Gasteiger partial charge on any atom is 0.573 e. The van der Waals surface area contributed by atoms with Gasteiger partial charge in [-0.3, -0.25) is 4.57 Å². The predicted molar refractivity (Wildman–Crippen MR) is 102 cm³/mol. The van der Waals surface area contributed by atoms with Crippen molar-refractivity contribution in [2.75, 3.05) is 5.32 Å². The highest BCUT2D eigenvalue weighted by Crippen LogP contribution is 2.32. The van der Waals surface area contributed by atoms with E-state index in [0.29, 0.717) is 27.7 Å². The van der Waals surface area contributed by atoms with Crippen molar-refractivity contribution in [2.24, 2.45) is 0 Å². The fourth-order valence-corrected chi connectivity index (χ4v) is 3.14. The van der Waals surface area contributed by atoms with Crippen molar-refractivity contribution < 1.29 is 17.9 Å². The van der Waals surface area contributed by atoms with Gasteiger partial charge in [-0.25, -0.2) is 4.98 Å². The van der Waals surface area contributed by atoms with Gasteiger partial charge in [0, 0.05) is 28.2 Å². The minimum absolute atomic E-state index is 0.182. The number of rotatable bonds is 4. The van der Waals surface area contributed by atoms with Crippen LogP contribution in [-0.2, 0) is 6.54 Å². The summed E-state index contributed by atoms with van der Waals surface area (Å²) in [6.45, 7) is 0.182. The van der Waals surface area contributed by atoms with E-state index in [2.05, 4.69) is 25.9 Å². The van der Waals surface area contributed by atoms with E-state index in [-0.39, 0.29) is 12.3 Å². The SMILES string of the molecule is C#CCn1c(Nc2c[nH]c3ccc(Cl)cc23)nc2cc(OC(F)(F)F)ccc21. The standard InChI is InChI=1S/C19H12ClF3N4O/c1-2-7-27-17-6-4-12(28-19(21,22)23)9-15(17)25-18(27)26-16-10-24-14-5-3-11(20)8-13(14)16/h1,3-6,8-10,24H,7H2,(H,25,26). The number of hydrogen-bond donors (Lipinski definition) is 2. The van der Waals surface area contributed by atoms with Crippen molar-refractivity contribution in [1.82, 2.24) is 14.5 Å². The van der Waals surface area contributed by atoms with Crippen LogP contribution in [0, 0.1) is 12.3 Å². The third-order valence-electron chi connectivity index (χ3n) is 4.09. The molecule has 0 amide bonds. The Labute approximate surface area is 162 Å². The molecule has 2 heterocycles. The number of halogens is 4. The van der Waals surface area contributed by atoms with Gasteiger partial charge in [-0.1, -0.05) is 17.5 Å². The van der Waals surface area contributed by atoms with E-state index in [0.717, 1.165) is 10.9 Å². The number of nitrogens with zero attached hydrogens (tertiary/aromatic N) is 2. The van der Waals surface area contributed by atoms with Gasteiger partial charge in [0.2, 0.25) is 5.95 Å². The molecule has 28 heavy (non-hydrogen) atoms. The first kappa shape index (κ1) is 18.1. The zero-order valence-corrected chi connectivity index (χ0v) is 14.9. The van der Waals surface area contributed by atoms with Gasteiger partial charge >= 0.3 is 6.36 Å². The predicted octanol–water partition coefficient (Wildman–Crippen LogP) is 5.45. The molecule has 5 nitrogen and oxygen atoms in total. The molecule has 9 heteroatoms. The minimum atomic E-state index is -4.78. The Balaban J connectivity index is 1.77. The first-order valence-electron chi connectivity index (χ1n) is 8.07. The van der Waals surface area contributed by atoms with Crippen molar-refractivity contribution in [2.45, 2.75) is 12.9 Å². The van der Waals surface area contributed by atoms with Crippen molar-refractivity contribution in [3.05, 3.63) is 47.6 Å². The summed E-state index contributed by atoms with van der Waals surface area (Å²) in [4.78, 5) is 7.50. The van der Waals surface area contributed by atoms with Crippen LogP contribution in [-0.4, -0.2) is 20.9 Å². The van der Waals surface area contributed by atoms with Crippen molar-refractivity contribution in [1.29, 1.82) is 0 Å². The smallest absolute Gasteiger partial charge is 0.406 e. The molecule has 2 N–H and O–H groups in total. The van der Waals surface area contributed by atoms with Crippen LogP contribution in [0.2, 0.25) is 5.02 Å². The van der Waals surface area contributed by atoms with E-state index in [9.17, 15) is 13.2 Å². The highest BCUT2D eigenvalue weighted by atomic mass is 35.5. The van der Waals surface area contributed by atoms with Gasteiger partial charge in [0.1, 0.15) is 5.75 Å². The molecule has 0 aliphatic carbocycles. The summed E-state index contributed by atoms with van der Waals surface area (Å²) in [7, 11) is 0. The van der Waals surface area contributed by atoms with Gasteiger partial charge in [0.05, 0.1) is 23.3 Å². The lowest BCUT2D eigenvalue weighted by Gasteiger charge is -2.09. The monoisotopic (exact) mass is 404 g/mol. The lowest BCUT2D eigenvalue weighted by Crippen LogP contribution is -2.17. The molecule has 0 fully saturated rings. The highest BCUT2D eigenvalue weighted by Gasteiger charge is 2.31. The molecule has 2 aromatic carbocycles. The summed E-state index contributed by atoms with van der Waals surface area (Å²) < 4.78 is 43.1. The topological polar surface area (TPSA) is 54.9 Å². The van der Waals surface area contributed by atoms with Crippen LogP contribution in [0.1, 0.15) is 0 Å². The zero-order chi connectivity index (χ0) is 19.9. The van der Waals surface area contributed by atoms with Gasteiger partial charge in [0.15, 0.2) is 0 Å². The van der Waals surface area contributed by atoms with Gasteiger partial charge in [-0.15, -0.1) is 19.6 Å². The zero-order valence-electron chi connectivity index (χ0n) is 14.1. The number of H-pyrrole nitrogens is 1. The fourth-order valence-electron chi connectivity index (χ4n) is 2.97. The van der Waals surface area contributed by atoms with Crippen LogP contribution in [0.3, 0.4) is 0 Å². The molecule has 4 aromatic rings. The maximum absolute atomic E-state index is 12.5. The van der Waals surface area contributed by atoms with E-state index in [4.69, 9.17) is 18.0 Å². The van der Waals surface area contributed by atoms with Crippen LogP contribution in [0.25, 0.3) is 21.9 Å². The summed E-state index contributed by atoms with van der Waals surface area (Å²) in [5.74, 6) is 2.56. The number of benzene rings is 2. The van der Waals surface area contributed by atoms with E-state index < -0.39 is 6.36 Å². The average Bonchev–Trinajstić information content (AvgIpc) is 3.15. The van der Waals surface area contributed by atoms with Crippen molar-refractivity contribution in [3.63, 3.8) is 0 Å². The molecule has 0 unspecified atom stereocenters. The summed E-state index contributed by atoms with van der Waals surface area (Å²) in [6, 6.07) is 9.32. The molecule has 0 spiro atoms. The summed E-state index contributed by atoms with van der Waals surface area (Å²) in [6.07, 6.45) is 2.42. The largest absolute Gasteiger partial charge is 0.573 e. The number of nitrogens with one attached hydrogen (secondary N) is 2. The number of ether oxygens (including phenoxy) is 1. The molecule has 0 bridgehead atoms. The number of imidazole rings is 1. The van der Waals surface area contributed by atoms with E-state index in [1.54, 1.807) is 22.9 Å². The minimum Gasteiger partial charge on any atom is -0.406 e. The Morgan fingerprint density at radius 1 is 1.25 bits per heavy atom. The van der Waals surface area contributed by atoms with Crippen LogP contribution in [0.5, 0.6) is 5.75 Å². The van der Waals surface area contributed by atoms with Gasteiger partial charge in [0.25, 0.3) is 0 Å². The number of aromatic nitrogens is 3. The number of terminal acetylenes is 1. The fraction of sp³-hybridized carbons (Fsp3) is 0.105. The summed E-state index contributed by atoms with van der Waals surface area (Å²) >= 11 is 6.07. The van der Waals surface area contributed by atoms with Crippen LogP contribution >= 0.6 is 11.6 Å². The van der Waals surface area contributed by atoms with E-state index in [1.165, 1.54) is 18.2 Å². The number of alkyl halides is 3. The molecule has 0 radical (unpaired) electrons. The van der Waals surface area contributed by atoms with Gasteiger partial charge < -0.3 is 15.0 Å². The van der Waals surface area contributed by atoms with Crippen molar-refractivity contribution in [3.8, 4) is 18.1 Å². The summed E-state index contributed by atoms with van der Waals surface area (Å²) in [5, 5.41) is 4.58. The molecule has 0 aliphatic heterocycles. The lowest BCUT2D eigenvalue weighted by atomic mass is 10.2. The first-order valence-corrected chi connectivity index (χ1v) is 8.45. The number of aromatic amines is 1. The molecule has 4 rings (SSSR count). The average molecular weight is 405 g/mol. The number of hydrogen-bond acceptors (Lipinski definition) is 3. The van der Waals surface area contributed by atoms with E-state index >= 15 is 0 Å². The molecule has 0 saturated heterocycles. The highest BCUT2D eigenvalue weighted by molar-refractivity contribution is 6.31. The molecular weight excluding hydrogens is 393 g/mol. The van der Waals surface area contributed by atoms with Gasteiger partial charge in [-0.05, 0) is 30.3 Å². The molecule has 0 saturated carbocycles. The molecule has 142 valence electrons. The number of fused-ring (bicyclic) bond motifs is 2. The Morgan fingerprint density at radius 2 is 2.07 bits per heavy atom. The maximum atomic E-state index is 12.5. The van der Waals surface area contributed by atoms with E-state index in [1.807, 2.05) is 6.07 Å². The molecular formula is C19H12ClF3N4O. The van der Waals surface area contributed by atoms with Gasteiger partial charge in [-0.2, -0.15) is 0 Å². The lowest BCUT2D eigenvalue weighted by molar-refractivity contribution is -0.274. The third-order valence-corrected chi connectivity index (χ3v) is 4.33. The Hall–Kier alpha value is -3.31. The van der Waals surface area contributed by atoms with Crippen LogP contribution in [0.4, 0.5) is 24.8 Å². The van der Waals surface area contributed by atoms with Crippen LogP contribution < -0.4 is 10.1 Å². The Kier molecular flexibility index (Phi) is 4.32. The second-order valence-corrected chi connectivity index (χ2v) is 6.38. The molecule has 2 aromatic heterocycles. The Bertz CT molecular complexity index is 1220. The third kappa shape index (κ3) is 3.44. The molecule has 0 aliphatic rings. The molecule has 0 atom stereocenters. The Morgan fingerprint density at radius 3 is 2.82 bits per heavy atom. The summed E-state index contributed by atoms with van der Waals surface area (Å²) in [5.41, 5.74) is 2.47. The quantitative estimate of drug-likeness (QED) is 0.445.